The summed E-state index contributed by atoms with van der Waals surface area (Å²) in [7, 11) is 0. The monoisotopic (exact) mass is 265 g/mol. The minimum atomic E-state index is 0.353. The molecule has 3 unspecified atom stereocenters. The predicted octanol–water partition coefficient (Wildman–Crippen LogP) is 2.38. The third-order valence-electron chi connectivity index (χ3n) is 3.84. The standard InChI is InChI=1S/C15H27N3O/c1-4-8-16-14(15-7-6-12(3)19-15)9-13-10-17-18(5-2)11-13/h10-12,14-16H,4-9H2,1-3H3. The molecule has 0 bridgehead atoms. The highest BCUT2D eigenvalue weighted by molar-refractivity contribution is 5.07. The van der Waals surface area contributed by atoms with Crippen LogP contribution in [-0.2, 0) is 17.7 Å². The lowest BCUT2D eigenvalue weighted by molar-refractivity contribution is 0.0321. The first-order valence-electron chi connectivity index (χ1n) is 7.63. The second-order valence-corrected chi connectivity index (χ2v) is 5.53. The number of ether oxygens (including phenoxy) is 1. The molecule has 1 aromatic rings. The average Bonchev–Trinajstić information content (AvgIpc) is 3.03. The Kier molecular flexibility index (Phi) is 5.40. The normalized spacial score (nSPS) is 24.8. The molecular formula is C15H27N3O. The maximum Gasteiger partial charge on any atom is 0.0735 e. The zero-order chi connectivity index (χ0) is 13.7. The van der Waals surface area contributed by atoms with Crippen LogP contribution in [-0.4, -0.2) is 34.6 Å². The summed E-state index contributed by atoms with van der Waals surface area (Å²) < 4.78 is 8.03. The lowest BCUT2D eigenvalue weighted by atomic mass is 10.0. The quantitative estimate of drug-likeness (QED) is 0.822. The Balaban J connectivity index is 1.96. The Morgan fingerprint density at radius 2 is 2.32 bits per heavy atom. The van der Waals surface area contributed by atoms with E-state index in [0.717, 1.165) is 25.9 Å². The number of hydrogen-bond acceptors (Lipinski definition) is 3. The van der Waals surface area contributed by atoms with Crippen LogP contribution >= 0.6 is 0 Å². The van der Waals surface area contributed by atoms with Crippen LogP contribution in [0.25, 0.3) is 0 Å². The fourth-order valence-electron chi connectivity index (χ4n) is 2.73. The number of nitrogens with zero attached hydrogens (tertiary/aromatic N) is 2. The average molecular weight is 265 g/mol. The van der Waals surface area contributed by atoms with Crippen molar-refractivity contribution in [2.75, 3.05) is 6.54 Å². The first-order valence-corrected chi connectivity index (χ1v) is 7.63. The van der Waals surface area contributed by atoms with Crippen molar-refractivity contribution in [3.8, 4) is 0 Å². The van der Waals surface area contributed by atoms with Crippen molar-refractivity contribution in [2.24, 2.45) is 0 Å². The van der Waals surface area contributed by atoms with Crippen LogP contribution in [0.2, 0.25) is 0 Å². The largest absolute Gasteiger partial charge is 0.374 e. The highest BCUT2D eigenvalue weighted by atomic mass is 16.5. The smallest absolute Gasteiger partial charge is 0.0735 e. The van der Waals surface area contributed by atoms with Crippen molar-refractivity contribution in [3.05, 3.63) is 18.0 Å². The topological polar surface area (TPSA) is 39.1 Å². The van der Waals surface area contributed by atoms with E-state index in [2.05, 4.69) is 37.4 Å². The second-order valence-electron chi connectivity index (χ2n) is 5.53. The first kappa shape index (κ1) is 14.5. The van der Waals surface area contributed by atoms with Crippen LogP contribution in [0.5, 0.6) is 0 Å². The number of hydrogen-bond donors (Lipinski definition) is 1. The van der Waals surface area contributed by atoms with Gasteiger partial charge in [0.05, 0.1) is 18.4 Å². The molecule has 0 aliphatic carbocycles. The summed E-state index contributed by atoms with van der Waals surface area (Å²) in [5.41, 5.74) is 1.30. The van der Waals surface area contributed by atoms with E-state index >= 15 is 0 Å². The molecule has 0 saturated carbocycles. The van der Waals surface area contributed by atoms with Crippen molar-refractivity contribution < 1.29 is 4.74 Å². The lowest BCUT2D eigenvalue weighted by Gasteiger charge is -2.24. The third kappa shape index (κ3) is 4.05. The van der Waals surface area contributed by atoms with E-state index in [9.17, 15) is 0 Å². The summed E-state index contributed by atoms with van der Waals surface area (Å²) in [6.07, 6.45) is 9.43. The van der Waals surface area contributed by atoms with E-state index < -0.39 is 0 Å². The molecule has 0 radical (unpaired) electrons. The van der Waals surface area contributed by atoms with Crippen molar-refractivity contribution in [1.29, 1.82) is 0 Å². The Labute approximate surface area is 116 Å². The van der Waals surface area contributed by atoms with Crippen LogP contribution in [0.1, 0.15) is 45.6 Å². The van der Waals surface area contributed by atoms with E-state index in [0.29, 0.717) is 18.2 Å². The molecule has 1 aliphatic rings. The molecule has 0 amide bonds. The van der Waals surface area contributed by atoms with Crippen LogP contribution in [0.15, 0.2) is 12.4 Å². The minimum Gasteiger partial charge on any atom is -0.374 e. The zero-order valence-electron chi connectivity index (χ0n) is 12.4. The number of aromatic nitrogens is 2. The fourth-order valence-corrected chi connectivity index (χ4v) is 2.73. The van der Waals surface area contributed by atoms with Gasteiger partial charge in [-0.1, -0.05) is 6.92 Å². The Morgan fingerprint density at radius 1 is 1.47 bits per heavy atom. The molecule has 1 aliphatic heterocycles. The van der Waals surface area contributed by atoms with Crippen molar-refractivity contribution in [2.45, 2.75) is 71.2 Å². The molecular weight excluding hydrogens is 238 g/mol. The summed E-state index contributed by atoms with van der Waals surface area (Å²) in [5, 5.41) is 8.00. The van der Waals surface area contributed by atoms with E-state index in [1.807, 2.05) is 10.9 Å². The molecule has 0 aromatic carbocycles. The summed E-state index contributed by atoms with van der Waals surface area (Å²) in [5.74, 6) is 0. The van der Waals surface area contributed by atoms with Gasteiger partial charge in [0, 0.05) is 18.8 Å². The van der Waals surface area contributed by atoms with E-state index in [1.54, 1.807) is 0 Å². The van der Waals surface area contributed by atoms with Crippen LogP contribution in [0, 0.1) is 0 Å². The predicted molar refractivity (Wildman–Crippen MR) is 77.3 cm³/mol. The van der Waals surface area contributed by atoms with Crippen molar-refractivity contribution in [1.82, 2.24) is 15.1 Å². The molecule has 1 aromatic heterocycles. The fraction of sp³-hybridized carbons (Fsp3) is 0.800. The molecule has 1 N–H and O–H groups in total. The molecule has 19 heavy (non-hydrogen) atoms. The van der Waals surface area contributed by atoms with Gasteiger partial charge in [0.1, 0.15) is 0 Å². The molecule has 2 heterocycles. The number of rotatable bonds is 7. The first-order chi connectivity index (χ1) is 9.22. The summed E-state index contributed by atoms with van der Waals surface area (Å²) in [6.45, 7) is 8.49. The SMILES string of the molecule is CCCNC(Cc1cnn(CC)c1)C1CCC(C)O1. The summed E-state index contributed by atoms with van der Waals surface area (Å²) in [6, 6.07) is 0.416. The van der Waals surface area contributed by atoms with Crippen molar-refractivity contribution >= 4 is 0 Å². The Morgan fingerprint density at radius 3 is 2.89 bits per heavy atom. The third-order valence-corrected chi connectivity index (χ3v) is 3.84. The van der Waals surface area contributed by atoms with E-state index in [4.69, 9.17) is 4.74 Å². The van der Waals surface area contributed by atoms with Gasteiger partial charge in [-0.05, 0) is 51.6 Å². The lowest BCUT2D eigenvalue weighted by Crippen LogP contribution is -2.42. The van der Waals surface area contributed by atoms with E-state index in [1.165, 1.54) is 18.4 Å². The second kappa shape index (κ2) is 7.06. The van der Waals surface area contributed by atoms with Gasteiger partial charge in [-0.25, -0.2) is 0 Å². The van der Waals surface area contributed by atoms with Gasteiger partial charge in [-0.3, -0.25) is 4.68 Å². The molecule has 108 valence electrons. The highest BCUT2D eigenvalue weighted by Crippen LogP contribution is 2.23. The van der Waals surface area contributed by atoms with Gasteiger partial charge < -0.3 is 10.1 Å². The van der Waals surface area contributed by atoms with Gasteiger partial charge >= 0.3 is 0 Å². The Bertz CT molecular complexity index is 377. The zero-order valence-corrected chi connectivity index (χ0v) is 12.4. The van der Waals surface area contributed by atoms with Gasteiger partial charge in [0.15, 0.2) is 0 Å². The summed E-state index contributed by atoms with van der Waals surface area (Å²) >= 11 is 0. The molecule has 1 fully saturated rings. The highest BCUT2D eigenvalue weighted by Gasteiger charge is 2.29. The number of aryl methyl sites for hydroxylation is 1. The maximum atomic E-state index is 6.04. The van der Waals surface area contributed by atoms with Crippen molar-refractivity contribution in [3.63, 3.8) is 0 Å². The molecule has 3 atom stereocenters. The van der Waals surface area contributed by atoms with E-state index in [-0.39, 0.29) is 0 Å². The van der Waals surface area contributed by atoms with Crippen LogP contribution < -0.4 is 5.32 Å². The minimum absolute atomic E-state index is 0.353. The van der Waals surface area contributed by atoms with Crippen LogP contribution in [0.4, 0.5) is 0 Å². The van der Waals surface area contributed by atoms with Gasteiger partial charge in [0.25, 0.3) is 0 Å². The molecule has 4 nitrogen and oxygen atoms in total. The molecule has 1 saturated heterocycles. The molecule has 4 heteroatoms. The molecule has 0 spiro atoms. The summed E-state index contributed by atoms with van der Waals surface area (Å²) in [4.78, 5) is 0. The van der Waals surface area contributed by atoms with Gasteiger partial charge in [-0.15, -0.1) is 0 Å². The molecule has 2 rings (SSSR count). The van der Waals surface area contributed by atoms with Crippen LogP contribution in [0.3, 0.4) is 0 Å². The van der Waals surface area contributed by atoms with Gasteiger partial charge in [0.2, 0.25) is 0 Å². The van der Waals surface area contributed by atoms with Gasteiger partial charge in [-0.2, -0.15) is 5.10 Å². The Hall–Kier alpha value is -0.870. The maximum absolute atomic E-state index is 6.04. The number of nitrogens with one attached hydrogen (secondary N) is 1.